The third-order valence-corrected chi connectivity index (χ3v) is 24.9. The standard InChI is InChI=1S/C98H111NO2/c1-10-14-18-22-26-36-54-97(55-37-27-23-19-15-11-2)81-52-53-89-92(76-42-32-34-44-87(76)100-89)91(81)80-65-84-79(64-85(80)97)74-50-48-73(62-83(74)98(84,56-38-28-24-20-16-12-3)57-39-29-25-21-17-13-4)99(94-67(6)58-66(5)59-68(94)7)72-49-51-75-82(61-72)96(8,9)86-63-78(71-47-46-69-40-30-31-41-70(69)60-71)95-93(90(75)86)77-43-33-35-45-88(77)101-95/h30-35,40-53,58-65H,10-29,36-39,54-57H2,1-9H3. The summed E-state index contributed by atoms with van der Waals surface area (Å²) in [5.41, 5.74) is 30.8. The molecule has 10 aromatic carbocycles. The van der Waals surface area contributed by atoms with Crippen LogP contribution in [0.1, 0.15) is 271 Å². The van der Waals surface area contributed by atoms with E-state index in [0.29, 0.717) is 0 Å². The average molecular weight is 1330 g/mol. The van der Waals surface area contributed by atoms with Crippen molar-refractivity contribution in [2.75, 3.05) is 4.90 Å². The van der Waals surface area contributed by atoms with Crippen molar-refractivity contribution in [3.8, 4) is 44.5 Å². The van der Waals surface area contributed by atoms with Gasteiger partial charge >= 0.3 is 0 Å². The second-order valence-electron chi connectivity index (χ2n) is 32.0. The first-order valence-electron chi connectivity index (χ1n) is 40.2. The Morgan fingerprint density at radius 3 is 1.40 bits per heavy atom. The molecule has 0 fully saturated rings. The van der Waals surface area contributed by atoms with Crippen molar-refractivity contribution in [2.45, 2.75) is 258 Å². The number of unbranched alkanes of at least 4 members (excludes halogenated alkanes) is 20. The molecular weight excluding hydrogens is 1220 g/mol. The minimum absolute atomic E-state index is 0.0987. The van der Waals surface area contributed by atoms with Crippen LogP contribution in [-0.2, 0) is 16.2 Å². The number of para-hydroxylation sites is 2. The van der Waals surface area contributed by atoms with E-state index < -0.39 is 0 Å². The van der Waals surface area contributed by atoms with Crippen molar-refractivity contribution in [3.63, 3.8) is 0 Å². The fourth-order valence-corrected chi connectivity index (χ4v) is 19.8. The van der Waals surface area contributed by atoms with Gasteiger partial charge in [-0.3, -0.25) is 0 Å². The van der Waals surface area contributed by atoms with E-state index in [2.05, 4.69) is 237 Å². The first kappa shape index (κ1) is 68.6. The van der Waals surface area contributed by atoms with Gasteiger partial charge in [0.1, 0.15) is 22.3 Å². The lowest BCUT2D eigenvalue weighted by Gasteiger charge is -2.35. The highest BCUT2D eigenvalue weighted by Crippen LogP contribution is 2.64. The number of fused-ring (bicyclic) bond motifs is 18. The normalized spacial score (nSPS) is 14.3. The molecule has 2 heterocycles. The lowest BCUT2D eigenvalue weighted by molar-refractivity contribution is 0.394. The Kier molecular flexibility index (Phi) is 19.9. The van der Waals surface area contributed by atoms with Gasteiger partial charge in [-0.05, 0) is 207 Å². The Bertz CT molecular complexity index is 4940. The summed E-state index contributed by atoms with van der Waals surface area (Å²) >= 11 is 0. The largest absolute Gasteiger partial charge is 0.456 e. The molecule has 0 amide bonds. The van der Waals surface area contributed by atoms with Gasteiger partial charge in [-0.1, -0.05) is 304 Å². The Morgan fingerprint density at radius 1 is 0.327 bits per heavy atom. The molecule has 0 saturated heterocycles. The Labute approximate surface area is 604 Å². The van der Waals surface area contributed by atoms with Crippen LogP contribution in [0.5, 0.6) is 0 Å². The van der Waals surface area contributed by atoms with E-state index in [4.69, 9.17) is 8.83 Å². The molecule has 0 atom stereocenters. The fourth-order valence-electron chi connectivity index (χ4n) is 19.8. The van der Waals surface area contributed by atoms with Gasteiger partial charge in [-0.2, -0.15) is 0 Å². The zero-order chi connectivity index (χ0) is 69.4. The van der Waals surface area contributed by atoms with E-state index in [1.165, 1.54) is 283 Å². The Balaban J connectivity index is 0.935. The quantitative estimate of drug-likeness (QED) is 0.0394. The third kappa shape index (κ3) is 12.4. The maximum absolute atomic E-state index is 7.07. The zero-order valence-corrected chi connectivity index (χ0v) is 62.7. The van der Waals surface area contributed by atoms with Crippen LogP contribution in [0.25, 0.3) is 99.2 Å². The van der Waals surface area contributed by atoms with E-state index in [9.17, 15) is 0 Å². The van der Waals surface area contributed by atoms with E-state index in [0.717, 1.165) is 40.7 Å². The number of furan rings is 2. The summed E-state index contributed by atoms with van der Waals surface area (Å²) in [6.45, 7) is 21.4. The molecule has 3 aliphatic rings. The SMILES string of the molecule is CCCCCCCCC1(CCCCCCCC)c2cc(N(c3ccc4c(c3)C(C)(C)c3cc(-c5ccc6ccccc6c5)c5oc6ccccc6c5c3-4)c3c(C)cc(C)cc3C)ccc2-c2cc3c(cc21)-c1c(ccc2oc4ccccc4c12)C3(CCCCCCCC)CCCCCCCC. The van der Waals surface area contributed by atoms with Crippen LogP contribution in [-0.4, -0.2) is 0 Å². The summed E-state index contributed by atoms with van der Waals surface area (Å²) in [5, 5.41) is 7.46. The number of anilines is 3. The molecule has 520 valence electrons. The molecule has 15 rings (SSSR count). The average Bonchev–Trinajstić information content (AvgIpc) is 1.54. The van der Waals surface area contributed by atoms with Gasteiger partial charge in [0.05, 0.1) is 5.69 Å². The van der Waals surface area contributed by atoms with Gasteiger partial charge in [0, 0.05) is 54.7 Å². The monoisotopic (exact) mass is 1330 g/mol. The summed E-state index contributed by atoms with van der Waals surface area (Å²) in [7, 11) is 0. The summed E-state index contributed by atoms with van der Waals surface area (Å²) in [6.07, 6.45) is 35.6. The summed E-state index contributed by atoms with van der Waals surface area (Å²) in [4.78, 5) is 2.69. The van der Waals surface area contributed by atoms with E-state index in [-0.39, 0.29) is 16.2 Å². The van der Waals surface area contributed by atoms with Gasteiger partial charge in [-0.15, -0.1) is 0 Å². The minimum atomic E-state index is -0.336. The minimum Gasteiger partial charge on any atom is -0.456 e. The lowest BCUT2D eigenvalue weighted by atomic mass is 9.68. The smallest absolute Gasteiger partial charge is 0.143 e. The summed E-state index contributed by atoms with van der Waals surface area (Å²) < 4.78 is 14.0. The topological polar surface area (TPSA) is 29.5 Å². The molecule has 0 N–H and O–H groups in total. The second-order valence-corrected chi connectivity index (χ2v) is 32.0. The summed E-state index contributed by atoms with van der Waals surface area (Å²) in [6, 6.07) is 66.8. The van der Waals surface area contributed by atoms with Crippen LogP contribution in [0.15, 0.2) is 179 Å². The van der Waals surface area contributed by atoms with Gasteiger partial charge in [0.15, 0.2) is 0 Å². The summed E-state index contributed by atoms with van der Waals surface area (Å²) in [5.74, 6) is 0. The fraction of sp³-hybridized carbons (Fsp3) is 0.408. The first-order chi connectivity index (χ1) is 49.4. The first-order valence-corrected chi connectivity index (χ1v) is 40.2. The molecule has 0 radical (unpaired) electrons. The molecule has 0 aliphatic heterocycles. The van der Waals surface area contributed by atoms with Crippen molar-refractivity contribution >= 4 is 71.7 Å². The van der Waals surface area contributed by atoms with Crippen LogP contribution in [0.2, 0.25) is 0 Å². The molecule has 0 bridgehead atoms. The molecule has 101 heavy (non-hydrogen) atoms. The van der Waals surface area contributed by atoms with Gasteiger partial charge in [0.2, 0.25) is 0 Å². The van der Waals surface area contributed by atoms with E-state index in [1.807, 2.05) is 0 Å². The molecular formula is C98H111NO2. The van der Waals surface area contributed by atoms with Crippen molar-refractivity contribution in [2.24, 2.45) is 0 Å². The number of aryl methyl sites for hydroxylation is 3. The number of hydrogen-bond donors (Lipinski definition) is 0. The van der Waals surface area contributed by atoms with Crippen molar-refractivity contribution < 1.29 is 8.83 Å². The second kappa shape index (κ2) is 29.3. The third-order valence-electron chi connectivity index (χ3n) is 24.9. The zero-order valence-electron chi connectivity index (χ0n) is 62.7. The molecule has 0 spiro atoms. The lowest BCUT2D eigenvalue weighted by Crippen LogP contribution is -2.27. The van der Waals surface area contributed by atoms with Crippen molar-refractivity contribution in [1.29, 1.82) is 0 Å². The molecule has 12 aromatic rings. The molecule has 3 aliphatic carbocycles. The van der Waals surface area contributed by atoms with Crippen molar-refractivity contribution in [1.82, 2.24) is 0 Å². The number of benzene rings is 10. The van der Waals surface area contributed by atoms with Crippen molar-refractivity contribution in [3.05, 3.63) is 220 Å². The predicted molar refractivity (Wildman–Crippen MR) is 435 cm³/mol. The molecule has 0 saturated carbocycles. The van der Waals surface area contributed by atoms with Gasteiger partial charge in [-0.25, -0.2) is 0 Å². The van der Waals surface area contributed by atoms with Crippen LogP contribution in [0, 0.1) is 20.8 Å². The van der Waals surface area contributed by atoms with E-state index >= 15 is 0 Å². The van der Waals surface area contributed by atoms with Crippen LogP contribution in [0.4, 0.5) is 17.1 Å². The van der Waals surface area contributed by atoms with Crippen LogP contribution < -0.4 is 4.90 Å². The molecule has 2 aromatic heterocycles. The Morgan fingerprint density at radius 2 is 0.792 bits per heavy atom. The van der Waals surface area contributed by atoms with Gasteiger partial charge in [0.25, 0.3) is 0 Å². The molecule has 3 heteroatoms. The Hall–Kier alpha value is -8.14. The maximum Gasteiger partial charge on any atom is 0.143 e. The maximum atomic E-state index is 7.07. The number of hydrogen-bond acceptors (Lipinski definition) is 3. The highest BCUT2D eigenvalue weighted by Gasteiger charge is 2.49. The van der Waals surface area contributed by atoms with Crippen LogP contribution >= 0.6 is 0 Å². The molecule has 0 unspecified atom stereocenters. The molecule has 3 nitrogen and oxygen atoms in total. The van der Waals surface area contributed by atoms with E-state index in [1.54, 1.807) is 22.3 Å². The number of nitrogens with zero attached hydrogens (tertiary/aromatic N) is 1. The predicted octanol–water partition coefficient (Wildman–Crippen LogP) is 30.5. The van der Waals surface area contributed by atoms with Gasteiger partial charge < -0.3 is 13.7 Å². The highest BCUT2D eigenvalue weighted by molar-refractivity contribution is 6.19. The van der Waals surface area contributed by atoms with Crippen LogP contribution in [0.3, 0.4) is 0 Å². The highest BCUT2D eigenvalue weighted by atomic mass is 16.3. The number of rotatable bonds is 32.